The Hall–Kier alpha value is -3.44. The van der Waals surface area contributed by atoms with E-state index >= 15 is 0 Å². The number of hydrogen-bond donors (Lipinski definition) is 1. The molecule has 0 saturated carbocycles. The number of aromatic nitrogens is 1. The summed E-state index contributed by atoms with van der Waals surface area (Å²) < 4.78 is 5.23. The first-order chi connectivity index (χ1) is 16.1. The number of rotatable bonds is 6. The predicted octanol–water partition coefficient (Wildman–Crippen LogP) is 6.08. The Morgan fingerprint density at radius 1 is 1.06 bits per heavy atom. The first-order valence-electron chi connectivity index (χ1n) is 11.1. The molecular formula is C28H26N2O2S. The fourth-order valence-electron chi connectivity index (χ4n) is 4.86. The number of amides is 1. The summed E-state index contributed by atoms with van der Waals surface area (Å²) in [5.41, 5.74) is 5.15. The highest BCUT2D eigenvalue weighted by Gasteiger charge is 2.48. The molecule has 0 spiro atoms. The Kier molecular flexibility index (Phi) is 5.73. The van der Waals surface area contributed by atoms with Crippen molar-refractivity contribution in [3.8, 4) is 5.75 Å². The maximum atomic E-state index is 13.7. The van der Waals surface area contributed by atoms with Gasteiger partial charge in [0.25, 0.3) is 0 Å². The molecule has 2 atom stereocenters. The summed E-state index contributed by atoms with van der Waals surface area (Å²) in [6.07, 6.45) is 1.42. The third-order valence-electron chi connectivity index (χ3n) is 6.53. The van der Waals surface area contributed by atoms with Gasteiger partial charge in [-0.3, -0.25) is 4.79 Å². The second kappa shape index (κ2) is 8.83. The number of hydrogen-bond acceptors (Lipinski definition) is 4. The third-order valence-corrected chi connectivity index (χ3v) is 7.34. The van der Waals surface area contributed by atoms with Crippen LogP contribution in [0, 0.1) is 5.41 Å². The van der Waals surface area contributed by atoms with Gasteiger partial charge < -0.3 is 10.1 Å². The van der Waals surface area contributed by atoms with Gasteiger partial charge >= 0.3 is 0 Å². The second-order valence-corrected chi connectivity index (χ2v) is 9.62. The van der Waals surface area contributed by atoms with Crippen molar-refractivity contribution in [1.82, 2.24) is 4.98 Å². The lowest BCUT2D eigenvalue weighted by molar-refractivity contribution is -0.125. The Bertz CT molecular complexity index is 1270. The van der Waals surface area contributed by atoms with Crippen molar-refractivity contribution in [2.45, 2.75) is 25.7 Å². The van der Waals surface area contributed by atoms with E-state index in [2.05, 4.69) is 48.6 Å². The average Bonchev–Trinajstić information content (AvgIpc) is 3.41. The molecule has 0 saturated heterocycles. The number of ether oxygens (including phenoxy) is 1. The highest BCUT2D eigenvalue weighted by molar-refractivity contribution is 7.13. The largest absolute Gasteiger partial charge is 0.497 e. The minimum atomic E-state index is -0.590. The van der Waals surface area contributed by atoms with Gasteiger partial charge in [-0.25, -0.2) is 4.98 Å². The SMILES string of the molecule is COc1ccc(Cc2csc(NC(=O)[C@]3(C)Cc4ccccc4C3c3ccccc3)n2)cc1. The normalized spacial score (nSPS) is 19.2. The van der Waals surface area contributed by atoms with Crippen molar-refractivity contribution in [3.05, 3.63) is 112 Å². The lowest BCUT2D eigenvalue weighted by Gasteiger charge is -2.30. The number of benzene rings is 3. The van der Waals surface area contributed by atoms with Crippen LogP contribution in [-0.4, -0.2) is 18.0 Å². The molecule has 1 aliphatic carbocycles. The molecule has 1 amide bonds. The summed E-state index contributed by atoms with van der Waals surface area (Å²) >= 11 is 1.48. The summed E-state index contributed by atoms with van der Waals surface area (Å²) in [4.78, 5) is 18.4. The second-order valence-electron chi connectivity index (χ2n) is 8.76. The molecule has 0 radical (unpaired) electrons. The van der Waals surface area contributed by atoms with E-state index in [9.17, 15) is 4.79 Å². The van der Waals surface area contributed by atoms with Crippen LogP contribution < -0.4 is 10.1 Å². The van der Waals surface area contributed by atoms with E-state index in [-0.39, 0.29) is 11.8 Å². The lowest BCUT2D eigenvalue weighted by atomic mass is 9.73. The first kappa shape index (κ1) is 21.4. The number of nitrogens with one attached hydrogen (secondary N) is 1. The van der Waals surface area contributed by atoms with Crippen molar-refractivity contribution in [2.75, 3.05) is 12.4 Å². The van der Waals surface area contributed by atoms with E-state index < -0.39 is 5.41 Å². The van der Waals surface area contributed by atoms with Gasteiger partial charge in [0.05, 0.1) is 18.2 Å². The van der Waals surface area contributed by atoms with E-state index in [0.29, 0.717) is 18.0 Å². The number of nitrogens with zero attached hydrogens (tertiary/aromatic N) is 1. The number of anilines is 1. The fraction of sp³-hybridized carbons (Fsp3) is 0.214. The van der Waals surface area contributed by atoms with E-state index in [1.54, 1.807) is 7.11 Å². The average molecular weight is 455 g/mol. The van der Waals surface area contributed by atoms with Crippen molar-refractivity contribution in [2.24, 2.45) is 5.41 Å². The molecule has 1 N–H and O–H groups in total. The van der Waals surface area contributed by atoms with Crippen LogP contribution in [0.2, 0.25) is 0 Å². The van der Waals surface area contributed by atoms with Crippen LogP contribution in [0.15, 0.2) is 84.2 Å². The smallest absolute Gasteiger partial charge is 0.233 e. The van der Waals surface area contributed by atoms with E-state index in [1.807, 2.05) is 47.8 Å². The molecule has 3 aromatic carbocycles. The zero-order valence-corrected chi connectivity index (χ0v) is 19.6. The molecule has 0 bridgehead atoms. The molecule has 1 unspecified atom stereocenters. The Morgan fingerprint density at radius 2 is 1.79 bits per heavy atom. The van der Waals surface area contributed by atoms with Gasteiger partial charge in [0.1, 0.15) is 5.75 Å². The number of carbonyl (C=O) groups excluding carboxylic acids is 1. The molecule has 0 aliphatic heterocycles. The highest BCUT2D eigenvalue weighted by Crippen LogP contribution is 2.51. The zero-order valence-electron chi connectivity index (χ0n) is 18.7. The van der Waals surface area contributed by atoms with Crippen LogP contribution >= 0.6 is 11.3 Å². The molecule has 4 nitrogen and oxygen atoms in total. The molecule has 4 aromatic rings. The minimum Gasteiger partial charge on any atom is -0.497 e. The van der Waals surface area contributed by atoms with Gasteiger partial charge in [0, 0.05) is 17.7 Å². The van der Waals surface area contributed by atoms with Crippen molar-refractivity contribution >= 4 is 22.4 Å². The van der Waals surface area contributed by atoms with Crippen LogP contribution in [0.3, 0.4) is 0 Å². The molecule has 5 rings (SSSR count). The molecule has 1 aliphatic rings. The maximum absolute atomic E-state index is 13.7. The topological polar surface area (TPSA) is 51.2 Å². The Balaban J connectivity index is 1.37. The summed E-state index contributed by atoms with van der Waals surface area (Å²) in [5.74, 6) is 0.857. The van der Waals surface area contributed by atoms with Crippen molar-refractivity contribution in [1.29, 1.82) is 0 Å². The Labute approximate surface area is 198 Å². The highest BCUT2D eigenvalue weighted by atomic mass is 32.1. The van der Waals surface area contributed by atoms with Gasteiger partial charge in [-0.05, 0) is 47.7 Å². The Morgan fingerprint density at radius 3 is 2.55 bits per heavy atom. The minimum absolute atomic E-state index is 0.00799. The quantitative estimate of drug-likeness (QED) is 0.384. The van der Waals surface area contributed by atoms with Gasteiger partial charge in [0.15, 0.2) is 5.13 Å². The van der Waals surface area contributed by atoms with E-state index in [4.69, 9.17) is 9.72 Å². The van der Waals surface area contributed by atoms with E-state index in [0.717, 1.165) is 17.0 Å². The number of methoxy groups -OCH3 is 1. The van der Waals surface area contributed by atoms with Crippen LogP contribution in [-0.2, 0) is 17.6 Å². The lowest BCUT2D eigenvalue weighted by Crippen LogP contribution is -2.37. The molecule has 0 fully saturated rings. The van der Waals surface area contributed by atoms with Crippen LogP contribution in [0.5, 0.6) is 5.75 Å². The predicted molar refractivity (Wildman–Crippen MR) is 133 cm³/mol. The third kappa shape index (κ3) is 4.16. The molecule has 33 heavy (non-hydrogen) atoms. The standard InChI is InChI=1S/C28H26N2O2S/c1-28(17-21-10-6-7-11-24(21)25(28)20-8-4-3-5-9-20)26(31)30-27-29-22(18-33-27)16-19-12-14-23(32-2)15-13-19/h3-15,18,25H,16-17H2,1-2H3,(H,29,30,31)/t25?,28-/m1/s1. The number of fused-ring (bicyclic) bond motifs is 1. The molecule has 1 aromatic heterocycles. The summed E-state index contributed by atoms with van der Waals surface area (Å²) in [7, 11) is 1.66. The van der Waals surface area contributed by atoms with Crippen LogP contribution in [0.4, 0.5) is 5.13 Å². The maximum Gasteiger partial charge on any atom is 0.233 e. The van der Waals surface area contributed by atoms with Crippen LogP contribution in [0.25, 0.3) is 0 Å². The molecular weight excluding hydrogens is 428 g/mol. The monoisotopic (exact) mass is 454 g/mol. The molecule has 1 heterocycles. The van der Waals surface area contributed by atoms with Gasteiger partial charge in [0.2, 0.25) is 5.91 Å². The van der Waals surface area contributed by atoms with Crippen molar-refractivity contribution < 1.29 is 9.53 Å². The zero-order chi connectivity index (χ0) is 22.8. The van der Waals surface area contributed by atoms with Gasteiger partial charge in [-0.2, -0.15) is 0 Å². The molecule has 5 heteroatoms. The van der Waals surface area contributed by atoms with Crippen molar-refractivity contribution in [3.63, 3.8) is 0 Å². The van der Waals surface area contributed by atoms with Gasteiger partial charge in [-0.1, -0.05) is 66.7 Å². The summed E-state index contributed by atoms with van der Waals surface area (Å²) in [6, 6.07) is 26.7. The van der Waals surface area contributed by atoms with Gasteiger partial charge in [-0.15, -0.1) is 11.3 Å². The molecule has 166 valence electrons. The van der Waals surface area contributed by atoms with E-state index in [1.165, 1.54) is 28.0 Å². The number of thiazole rings is 1. The number of carbonyl (C=O) groups is 1. The fourth-order valence-corrected chi connectivity index (χ4v) is 5.57. The van der Waals surface area contributed by atoms with Crippen LogP contribution in [0.1, 0.15) is 40.8 Å². The first-order valence-corrected chi connectivity index (χ1v) is 12.0. The summed E-state index contributed by atoms with van der Waals surface area (Å²) in [5, 5.41) is 5.79. The summed E-state index contributed by atoms with van der Waals surface area (Å²) in [6.45, 7) is 2.08.